The number of amides is 1. The van der Waals surface area contributed by atoms with E-state index in [4.69, 9.17) is 11.6 Å². The monoisotopic (exact) mass is 437 g/mol. The Morgan fingerprint density at radius 2 is 1.79 bits per heavy atom. The number of piperazine rings is 1. The fourth-order valence-electron chi connectivity index (χ4n) is 3.09. The largest absolute Gasteiger partial charge is 0.369 e. The zero-order valence-electron chi connectivity index (χ0n) is 15.6. The number of sulfonamides is 1. The molecule has 1 saturated heterocycles. The molecule has 1 fully saturated rings. The van der Waals surface area contributed by atoms with Crippen molar-refractivity contribution in [2.75, 3.05) is 37.6 Å². The minimum absolute atomic E-state index is 0.0613. The average Bonchev–Trinajstić information content (AvgIpc) is 2.73. The Kier molecular flexibility index (Phi) is 6.56. The van der Waals surface area contributed by atoms with Crippen LogP contribution in [0.3, 0.4) is 0 Å². The molecule has 0 aromatic heterocycles. The van der Waals surface area contributed by atoms with E-state index >= 15 is 0 Å². The second-order valence-electron chi connectivity index (χ2n) is 6.51. The third kappa shape index (κ3) is 4.77. The quantitative estimate of drug-likeness (QED) is 0.705. The van der Waals surface area contributed by atoms with Crippen LogP contribution < -0.4 is 10.2 Å². The molecule has 1 heterocycles. The van der Waals surface area contributed by atoms with Crippen LogP contribution in [0.1, 0.15) is 10.4 Å². The minimum Gasteiger partial charge on any atom is -0.369 e. The van der Waals surface area contributed by atoms with E-state index in [-0.39, 0.29) is 40.9 Å². The summed E-state index contributed by atoms with van der Waals surface area (Å²) in [5, 5.41) is 2.67. The normalized spacial score (nSPS) is 15.2. The molecule has 0 aliphatic carbocycles. The third-order valence-electron chi connectivity index (χ3n) is 4.65. The van der Waals surface area contributed by atoms with Crippen molar-refractivity contribution in [3.05, 3.63) is 71.5 Å². The van der Waals surface area contributed by atoms with Gasteiger partial charge in [-0.1, -0.05) is 17.7 Å². The predicted octanol–water partition coefficient (Wildman–Crippen LogP) is 2.91. The van der Waals surface area contributed by atoms with E-state index in [1.807, 2.05) is 4.90 Å². The second kappa shape index (κ2) is 8.94. The molecular formula is C20H21ClFN3O3S. The molecule has 3 rings (SSSR count). The summed E-state index contributed by atoms with van der Waals surface area (Å²) in [5.74, 6) is -0.722. The minimum atomic E-state index is -3.87. The van der Waals surface area contributed by atoms with Crippen molar-refractivity contribution < 1.29 is 17.6 Å². The van der Waals surface area contributed by atoms with Crippen LogP contribution >= 0.6 is 11.6 Å². The highest BCUT2D eigenvalue weighted by atomic mass is 35.5. The van der Waals surface area contributed by atoms with Gasteiger partial charge in [0.15, 0.2) is 0 Å². The maximum absolute atomic E-state index is 13.1. The van der Waals surface area contributed by atoms with Gasteiger partial charge in [0, 0.05) is 44.0 Å². The molecule has 154 valence electrons. The van der Waals surface area contributed by atoms with Crippen LogP contribution in [-0.2, 0) is 10.0 Å². The van der Waals surface area contributed by atoms with Crippen molar-refractivity contribution in [1.82, 2.24) is 9.62 Å². The Morgan fingerprint density at radius 1 is 1.14 bits per heavy atom. The van der Waals surface area contributed by atoms with E-state index in [9.17, 15) is 17.6 Å². The molecule has 0 bridgehead atoms. The first-order chi connectivity index (χ1) is 13.8. The number of carbonyl (C=O) groups is 1. The van der Waals surface area contributed by atoms with Crippen LogP contribution in [0.15, 0.2) is 60.0 Å². The van der Waals surface area contributed by atoms with Gasteiger partial charge >= 0.3 is 0 Å². The Balaban J connectivity index is 1.76. The maximum Gasteiger partial charge on any atom is 0.251 e. The highest BCUT2D eigenvalue weighted by Crippen LogP contribution is 2.27. The van der Waals surface area contributed by atoms with Gasteiger partial charge in [0.05, 0.1) is 5.02 Å². The van der Waals surface area contributed by atoms with Gasteiger partial charge in [0.25, 0.3) is 5.91 Å². The molecule has 2 aromatic rings. The number of nitrogens with one attached hydrogen (secondary N) is 1. The zero-order chi connectivity index (χ0) is 21.0. The molecule has 9 heteroatoms. The van der Waals surface area contributed by atoms with Gasteiger partial charge in [-0.15, -0.1) is 6.58 Å². The smallest absolute Gasteiger partial charge is 0.251 e. The first-order valence-corrected chi connectivity index (χ1v) is 10.8. The summed E-state index contributed by atoms with van der Waals surface area (Å²) in [6.07, 6.45) is 1.53. The van der Waals surface area contributed by atoms with Gasteiger partial charge in [-0.2, -0.15) is 4.31 Å². The van der Waals surface area contributed by atoms with Gasteiger partial charge in [-0.05, 0) is 42.5 Å². The van der Waals surface area contributed by atoms with Crippen LogP contribution in [0.25, 0.3) is 0 Å². The number of benzene rings is 2. The fourth-order valence-corrected chi connectivity index (χ4v) is 5.01. The van der Waals surface area contributed by atoms with E-state index in [2.05, 4.69) is 11.9 Å². The van der Waals surface area contributed by atoms with Gasteiger partial charge in [0.1, 0.15) is 10.7 Å². The topological polar surface area (TPSA) is 69.7 Å². The van der Waals surface area contributed by atoms with Crippen molar-refractivity contribution >= 4 is 33.2 Å². The Morgan fingerprint density at radius 3 is 2.41 bits per heavy atom. The van der Waals surface area contributed by atoms with Gasteiger partial charge in [0.2, 0.25) is 10.0 Å². The van der Waals surface area contributed by atoms with E-state index in [0.717, 1.165) is 5.69 Å². The van der Waals surface area contributed by atoms with E-state index in [1.54, 1.807) is 12.1 Å². The Labute approximate surface area is 174 Å². The van der Waals surface area contributed by atoms with Gasteiger partial charge < -0.3 is 10.2 Å². The molecule has 1 aliphatic heterocycles. The molecule has 0 unspecified atom stereocenters. The predicted molar refractivity (Wildman–Crippen MR) is 111 cm³/mol. The van der Waals surface area contributed by atoms with Crippen molar-refractivity contribution in [2.24, 2.45) is 0 Å². The highest BCUT2D eigenvalue weighted by molar-refractivity contribution is 7.89. The number of hydrogen-bond acceptors (Lipinski definition) is 4. The van der Waals surface area contributed by atoms with E-state index in [1.165, 1.54) is 40.7 Å². The lowest BCUT2D eigenvalue weighted by Crippen LogP contribution is -2.48. The number of nitrogens with zero attached hydrogens (tertiary/aromatic N) is 2. The summed E-state index contributed by atoms with van der Waals surface area (Å²) in [5.41, 5.74) is 1.04. The van der Waals surface area contributed by atoms with Crippen molar-refractivity contribution in [2.45, 2.75) is 4.90 Å². The summed E-state index contributed by atoms with van der Waals surface area (Å²) in [4.78, 5) is 14.0. The molecule has 0 radical (unpaired) electrons. The second-order valence-corrected chi connectivity index (χ2v) is 8.83. The lowest BCUT2D eigenvalue weighted by molar-refractivity contribution is 0.0958. The molecule has 0 spiro atoms. The first kappa shape index (κ1) is 21.3. The summed E-state index contributed by atoms with van der Waals surface area (Å²) < 4.78 is 40.7. The summed E-state index contributed by atoms with van der Waals surface area (Å²) >= 11 is 6.15. The highest BCUT2D eigenvalue weighted by Gasteiger charge is 2.31. The molecule has 2 aromatic carbocycles. The lowest BCUT2D eigenvalue weighted by Gasteiger charge is -2.35. The van der Waals surface area contributed by atoms with Crippen LogP contribution in [0, 0.1) is 5.82 Å². The summed E-state index contributed by atoms with van der Waals surface area (Å²) in [6, 6.07) is 10.3. The first-order valence-electron chi connectivity index (χ1n) is 9.02. The maximum atomic E-state index is 13.1. The molecule has 1 amide bonds. The molecule has 29 heavy (non-hydrogen) atoms. The number of halogens is 2. The number of hydrogen-bond donors (Lipinski definition) is 1. The van der Waals surface area contributed by atoms with Gasteiger partial charge in [-0.3, -0.25) is 4.79 Å². The Bertz CT molecular complexity index is 1000. The van der Waals surface area contributed by atoms with Crippen LogP contribution in [-0.4, -0.2) is 51.4 Å². The fraction of sp³-hybridized carbons (Fsp3) is 0.250. The molecular weight excluding hydrogens is 417 g/mol. The number of carbonyl (C=O) groups excluding carboxylic acids is 1. The number of rotatable bonds is 6. The van der Waals surface area contributed by atoms with Crippen LogP contribution in [0.4, 0.5) is 10.1 Å². The van der Waals surface area contributed by atoms with E-state index in [0.29, 0.717) is 13.1 Å². The van der Waals surface area contributed by atoms with Crippen molar-refractivity contribution in [3.8, 4) is 0 Å². The molecule has 1 aliphatic rings. The van der Waals surface area contributed by atoms with Crippen molar-refractivity contribution in [1.29, 1.82) is 0 Å². The third-order valence-corrected chi connectivity index (χ3v) is 7.03. The summed E-state index contributed by atoms with van der Waals surface area (Å²) in [7, 11) is -3.87. The molecule has 6 nitrogen and oxygen atoms in total. The molecule has 1 N–H and O–H groups in total. The SMILES string of the molecule is C=CCNC(=O)c1ccc(Cl)c(S(=O)(=O)N2CCN(c3ccc(F)cc3)CC2)c1. The van der Waals surface area contributed by atoms with Gasteiger partial charge in [-0.25, -0.2) is 12.8 Å². The lowest BCUT2D eigenvalue weighted by atomic mass is 10.2. The molecule has 0 atom stereocenters. The van der Waals surface area contributed by atoms with E-state index < -0.39 is 15.9 Å². The van der Waals surface area contributed by atoms with Crippen LogP contribution in [0.5, 0.6) is 0 Å². The van der Waals surface area contributed by atoms with Crippen molar-refractivity contribution in [3.63, 3.8) is 0 Å². The Hall–Kier alpha value is -2.42. The molecule has 0 saturated carbocycles. The summed E-state index contributed by atoms with van der Waals surface area (Å²) in [6.45, 7) is 5.23. The standard InChI is InChI=1S/C20H21ClFN3O3S/c1-2-9-23-20(26)15-3-8-18(21)19(14-15)29(27,28)25-12-10-24(11-13-25)17-6-4-16(22)5-7-17/h2-8,14H,1,9-13H2,(H,23,26). The number of anilines is 1. The average molecular weight is 438 g/mol. The van der Waals surface area contributed by atoms with Crippen LogP contribution in [0.2, 0.25) is 5.02 Å². The zero-order valence-corrected chi connectivity index (χ0v) is 17.2.